The molecular formula is C18H14F3N5O. The predicted molar refractivity (Wildman–Crippen MR) is 94.7 cm³/mol. The first-order chi connectivity index (χ1) is 12.9. The lowest BCUT2D eigenvalue weighted by Gasteiger charge is -2.10. The van der Waals surface area contributed by atoms with Gasteiger partial charge in [-0.05, 0) is 30.3 Å². The fourth-order valence-electron chi connectivity index (χ4n) is 2.74. The van der Waals surface area contributed by atoms with Crippen LogP contribution in [0, 0.1) is 0 Å². The normalized spacial score (nSPS) is 11.7. The van der Waals surface area contributed by atoms with Crippen molar-refractivity contribution in [1.29, 1.82) is 0 Å². The number of pyridine rings is 1. The summed E-state index contributed by atoms with van der Waals surface area (Å²) in [6.45, 7) is 0. The molecule has 0 atom stereocenters. The van der Waals surface area contributed by atoms with Gasteiger partial charge in [0.05, 0.1) is 29.4 Å². The molecule has 0 amide bonds. The van der Waals surface area contributed by atoms with Crippen LogP contribution in [-0.4, -0.2) is 25.9 Å². The van der Waals surface area contributed by atoms with E-state index in [2.05, 4.69) is 25.0 Å². The van der Waals surface area contributed by atoms with Crippen molar-refractivity contribution in [2.75, 3.05) is 5.32 Å². The second kappa shape index (κ2) is 6.35. The number of anilines is 2. The Morgan fingerprint density at radius 1 is 1.11 bits per heavy atom. The number of imidazole rings is 1. The standard InChI is InChI=1S/C18H14F3N5O/c1-26-10-22-9-16(26)15-6-11-8-23-17(7-14(11)25-15)24-12-2-4-13(5-3-12)27-18(19,20)21/h2-10,25H,1H3,(H,23,24). The second-order valence-corrected chi connectivity index (χ2v) is 5.93. The first kappa shape index (κ1) is 17.0. The lowest BCUT2D eigenvalue weighted by atomic mass is 10.2. The molecule has 0 spiro atoms. The highest BCUT2D eigenvalue weighted by atomic mass is 19.4. The van der Waals surface area contributed by atoms with Crippen molar-refractivity contribution in [1.82, 2.24) is 19.5 Å². The Morgan fingerprint density at radius 3 is 2.56 bits per heavy atom. The number of H-pyrrole nitrogens is 1. The Hall–Kier alpha value is -3.49. The molecule has 0 bridgehead atoms. The minimum atomic E-state index is -4.71. The lowest BCUT2D eigenvalue weighted by molar-refractivity contribution is -0.274. The smallest absolute Gasteiger partial charge is 0.406 e. The third-order valence-electron chi connectivity index (χ3n) is 3.96. The van der Waals surface area contributed by atoms with E-state index in [4.69, 9.17) is 0 Å². The van der Waals surface area contributed by atoms with Crippen molar-refractivity contribution in [3.05, 3.63) is 55.1 Å². The van der Waals surface area contributed by atoms with E-state index in [1.54, 1.807) is 18.7 Å². The molecule has 4 aromatic rings. The number of fused-ring (bicyclic) bond motifs is 1. The van der Waals surface area contributed by atoms with Crippen molar-refractivity contribution in [2.45, 2.75) is 6.36 Å². The van der Waals surface area contributed by atoms with Crippen LogP contribution >= 0.6 is 0 Å². The van der Waals surface area contributed by atoms with Crippen LogP contribution in [0.2, 0.25) is 0 Å². The fourth-order valence-corrected chi connectivity index (χ4v) is 2.74. The van der Waals surface area contributed by atoms with Crippen LogP contribution in [0.4, 0.5) is 24.7 Å². The molecule has 9 heteroatoms. The van der Waals surface area contributed by atoms with E-state index in [9.17, 15) is 13.2 Å². The summed E-state index contributed by atoms with van der Waals surface area (Å²) in [5, 5.41) is 3.99. The third-order valence-corrected chi connectivity index (χ3v) is 3.96. The Balaban J connectivity index is 1.55. The van der Waals surface area contributed by atoms with Gasteiger partial charge in [-0.15, -0.1) is 13.2 Å². The number of alkyl halides is 3. The van der Waals surface area contributed by atoms with Crippen LogP contribution < -0.4 is 10.1 Å². The summed E-state index contributed by atoms with van der Waals surface area (Å²) in [7, 11) is 1.91. The molecule has 138 valence electrons. The number of aryl methyl sites for hydroxylation is 1. The van der Waals surface area contributed by atoms with E-state index >= 15 is 0 Å². The molecule has 0 radical (unpaired) electrons. The number of nitrogens with one attached hydrogen (secondary N) is 2. The number of benzene rings is 1. The van der Waals surface area contributed by atoms with Crippen LogP contribution in [0.5, 0.6) is 5.75 Å². The summed E-state index contributed by atoms with van der Waals surface area (Å²) in [6, 6.07) is 9.26. The number of aromatic nitrogens is 4. The molecule has 6 nitrogen and oxygen atoms in total. The summed E-state index contributed by atoms with van der Waals surface area (Å²) in [5.41, 5.74) is 3.33. The van der Waals surface area contributed by atoms with Crippen molar-refractivity contribution >= 4 is 22.4 Å². The molecule has 0 unspecified atom stereocenters. The molecule has 2 N–H and O–H groups in total. The van der Waals surface area contributed by atoms with Crippen LogP contribution in [-0.2, 0) is 7.05 Å². The fraction of sp³-hybridized carbons (Fsp3) is 0.111. The Morgan fingerprint density at radius 2 is 1.89 bits per heavy atom. The Kier molecular flexibility index (Phi) is 3.98. The van der Waals surface area contributed by atoms with Crippen molar-refractivity contribution in [2.24, 2.45) is 7.05 Å². The van der Waals surface area contributed by atoms with Gasteiger partial charge in [0.1, 0.15) is 11.6 Å². The van der Waals surface area contributed by atoms with E-state index in [0.29, 0.717) is 11.5 Å². The van der Waals surface area contributed by atoms with E-state index in [1.165, 1.54) is 24.3 Å². The van der Waals surface area contributed by atoms with Gasteiger partial charge in [-0.3, -0.25) is 0 Å². The van der Waals surface area contributed by atoms with Crippen molar-refractivity contribution < 1.29 is 17.9 Å². The molecule has 0 saturated carbocycles. The molecular weight excluding hydrogens is 359 g/mol. The molecule has 0 saturated heterocycles. The molecule has 27 heavy (non-hydrogen) atoms. The predicted octanol–water partition coefficient (Wildman–Crippen LogP) is 4.61. The molecule has 4 rings (SSSR count). The SMILES string of the molecule is Cn1cncc1-c1cc2cnc(Nc3ccc(OC(F)(F)F)cc3)cc2[nH]1. The number of hydrogen-bond donors (Lipinski definition) is 2. The first-order valence-electron chi connectivity index (χ1n) is 7.96. The average Bonchev–Trinajstić information content (AvgIpc) is 3.20. The summed E-state index contributed by atoms with van der Waals surface area (Å²) in [4.78, 5) is 11.8. The quantitative estimate of drug-likeness (QED) is 0.548. The van der Waals surface area contributed by atoms with Gasteiger partial charge in [-0.25, -0.2) is 9.97 Å². The molecule has 1 aromatic carbocycles. The monoisotopic (exact) mass is 373 g/mol. The topological polar surface area (TPSA) is 67.8 Å². The van der Waals surface area contributed by atoms with Gasteiger partial charge >= 0.3 is 6.36 Å². The van der Waals surface area contributed by atoms with E-state index in [0.717, 1.165) is 22.3 Å². The molecule has 3 aromatic heterocycles. The number of halogens is 3. The zero-order valence-electron chi connectivity index (χ0n) is 14.1. The maximum atomic E-state index is 12.2. The number of aromatic amines is 1. The zero-order chi connectivity index (χ0) is 19.0. The van der Waals surface area contributed by atoms with Gasteiger partial charge in [0, 0.05) is 30.4 Å². The van der Waals surface area contributed by atoms with Crippen LogP contribution in [0.25, 0.3) is 22.3 Å². The van der Waals surface area contributed by atoms with Gasteiger partial charge in [-0.1, -0.05) is 0 Å². The highest BCUT2D eigenvalue weighted by Gasteiger charge is 2.30. The number of hydrogen-bond acceptors (Lipinski definition) is 4. The summed E-state index contributed by atoms with van der Waals surface area (Å²) >= 11 is 0. The van der Waals surface area contributed by atoms with Gasteiger partial charge in [0.2, 0.25) is 0 Å². The third kappa shape index (κ3) is 3.71. The van der Waals surface area contributed by atoms with Gasteiger partial charge < -0.3 is 19.6 Å². The molecule has 0 aliphatic carbocycles. The Bertz CT molecular complexity index is 1080. The van der Waals surface area contributed by atoms with Gasteiger partial charge in [0.15, 0.2) is 0 Å². The number of rotatable bonds is 4. The van der Waals surface area contributed by atoms with Crippen molar-refractivity contribution in [3.8, 4) is 17.1 Å². The minimum Gasteiger partial charge on any atom is -0.406 e. The van der Waals surface area contributed by atoms with Crippen LogP contribution in [0.15, 0.2) is 55.1 Å². The maximum absolute atomic E-state index is 12.2. The molecule has 0 fully saturated rings. The van der Waals surface area contributed by atoms with Gasteiger partial charge in [0.25, 0.3) is 0 Å². The summed E-state index contributed by atoms with van der Waals surface area (Å²) < 4.78 is 42.4. The highest BCUT2D eigenvalue weighted by molar-refractivity contribution is 5.86. The number of ether oxygens (including phenoxy) is 1. The largest absolute Gasteiger partial charge is 0.573 e. The van der Waals surface area contributed by atoms with Crippen molar-refractivity contribution in [3.63, 3.8) is 0 Å². The molecule has 0 aliphatic rings. The van der Waals surface area contributed by atoms with E-state index in [1.807, 2.05) is 23.7 Å². The second-order valence-electron chi connectivity index (χ2n) is 5.93. The lowest BCUT2D eigenvalue weighted by Crippen LogP contribution is -2.16. The van der Waals surface area contributed by atoms with Crippen LogP contribution in [0.1, 0.15) is 0 Å². The Labute approximate surface area is 151 Å². The average molecular weight is 373 g/mol. The molecule has 0 aliphatic heterocycles. The van der Waals surface area contributed by atoms with E-state index in [-0.39, 0.29) is 5.75 Å². The first-order valence-corrected chi connectivity index (χ1v) is 7.96. The minimum absolute atomic E-state index is 0.276. The van der Waals surface area contributed by atoms with E-state index < -0.39 is 6.36 Å². The van der Waals surface area contributed by atoms with Gasteiger partial charge in [-0.2, -0.15) is 0 Å². The molecule has 3 heterocycles. The number of nitrogens with zero attached hydrogens (tertiary/aromatic N) is 3. The zero-order valence-corrected chi connectivity index (χ0v) is 14.1. The maximum Gasteiger partial charge on any atom is 0.573 e. The summed E-state index contributed by atoms with van der Waals surface area (Å²) in [6.07, 6.45) is 0.496. The van der Waals surface area contributed by atoms with Crippen LogP contribution in [0.3, 0.4) is 0 Å². The highest BCUT2D eigenvalue weighted by Crippen LogP contribution is 2.27. The summed E-state index contributed by atoms with van der Waals surface area (Å²) in [5.74, 6) is 0.284.